The third kappa shape index (κ3) is 4.67. The molecule has 0 saturated carbocycles. The van der Waals surface area contributed by atoms with Crippen molar-refractivity contribution in [2.75, 3.05) is 11.1 Å². The maximum atomic E-state index is 12.1. The van der Waals surface area contributed by atoms with Crippen molar-refractivity contribution in [3.63, 3.8) is 0 Å². The van der Waals surface area contributed by atoms with Gasteiger partial charge in [0, 0.05) is 21.5 Å². The van der Waals surface area contributed by atoms with Gasteiger partial charge in [-0.25, -0.2) is 0 Å². The predicted octanol–water partition coefficient (Wildman–Crippen LogP) is 5.48. The Bertz CT molecular complexity index is 668. The molecule has 0 aliphatic rings. The summed E-state index contributed by atoms with van der Waals surface area (Å²) < 4.78 is 0. The first-order valence-corrected chi connectivity index (χ1v) is 8.76. The predicted molar refractivity (Wildman–Crippen MR) is 97.2 cm³/mol. The van der Waals surface area contributed by atoms with Gasteiger partial charge in [0.15, 0.2) is 0 Å². The topological polar surface area (TPSA) is 29.1 Å². The molecule has 2 nitrogen and oxygen atoms in total. The maximum Gasteiger partial charge on any atom is 0.234 e. The summed E-state index contributed by atoms with van der Waals surface area (Å²) >= 11 is 13.5. The summed E-state index contributed by atoms with van der Waals surface area (Å²) in [5.74, 6) is 1.05. The minimum absolute atomic E-state index is 0.00696. The number of anilines is 1. The first-order valence-electron chi connectivity index (χ1n) is 6.85. The molecule has 0 saturated heterocycles. The molecule has 1 amide bonds. The van der Waals surface area contributed by atoms with Gasteiger partial charge in [0.05, 0.1) is 5.75 Å². The molecule has 2 aromatic rings. The van der Waals surface area contributed by atoms with Crippen LogP contribution in [0.1, 0.15) is 16.7 Å². The van der Waals surface area contributed by atoms with Crippen molar-refractivity contribution >= 4 is 46.6 Å². The number of rotatable bonds is 5. The summed E-state index contributed by atoms with van der Waals surface area (Å²) in [6.45, 7) is 3.98. The minimum atomic E-state index is -0.00696. The van der Waals surface area contributed by atoms with Gasteiger partial charge < -0.3 is 5.32 Å². The molecule has 2 rings (SSSR count). The smallest absolute Gasteiger partial charge is 0.234 e. The molecule has 5 heteroatoms. The van der Waals surface area contributed by atoms with E-state index in [0.717, 1.165) is 22.4 Å². The molecule has 22 heavy (non-hydrogen) atoms. The third-order valence-corrected chi connectivity index (χ3v) is 4.82. The van der Waals surface area contributed by atoms with Crippen LogP contribution in [0.4, 0.5) is 5.69 Å². The lowest BCUT2D eigenvalue weighted by molar-refractivity contribution is -0.113. The Hall–Kier alpha value is -1.16. The van der Waals surface area contributed by atoms with Gasteiger partial charge in [-0.2, -0.15) is 0 Å². The Morgan fingerprint density at radius 2 is 1.82 bits per heavy atom. The number of amides is 1. The lowest BCUT2D eigenvalue weighted by atomic mass is 10.1. The van der Waals surface area contributed by atoms with Crippen molar-refractivity contribution < 1.29 is 4.79 Å². The molecule has 1 N–H and O–H groups in total. The van der Waals surface area contributed by atoms with Crippen LogP contribution in [0, 0.1) is 13.8 Å². The van der Waals surface area contributed by atoms with Gasteiger partial charge in [-0.05, 0) is 42.7 Å². The lowest BCUT2D eigenvalue weighted by Gasteiger charge is -2.11. The number of halogens is 2. The van der Waals surface area contributed by atoms with E-state index in [2.05, 4.69) is 5.32 Å². The number of carbonyl (C=O) groups excluding carboxylic acids is 1. The van der Waals surface area contributed by atoms with Crippen LogP contribution in [-0.4, -0.2) is 11.7 Å². The van der Waals surface area contributed by atoms with Crippen molar-refractivity contribution in [3.05, 3.63) is 63.1 Å². The number of aryl methyl sites for hydroxylation is 2. The van der Waals surface area contributed by atoms with E-state index in [1.807, 2.05) is 38.1 Å². The van der Waals surface area contributed by atoms with Crippen molar-refractivity contribution in [1.29, 1.82) is 0 Å². The summed E-state index contributed by atoms with van der Waals surface area (Å²) in [6, 6.07) is 11.4. The normalized spacial score (nSPS) is 10.5. The highest BCUT2D eigenvalue weighted by molar-refractivity contribution is 7.99. The van der Waals surface area contributed by atoms with Gasteiger partial charge in [0.2, 0.25) is 5.91 Å². The number of carbonyl (C=O) groups is 1. The average Bonchev–Trinajstić information content (AvgIpc) is 2.45. The number of hydrogen-bond donors (Lipinski definition) is 1. The molecule has 0 aromatic heterocycles. The molecule has 0 spiro atoms. The molecule has 0 heterocycles. The monoisotopic (exact) mass is 353 g/mol. The number of para-hydroxylation sites is 1. The average molecular weight is 354 g/mol. The summed E-state index contributed by atoms with van der Waals surface area (Å²) in [4.78, 5) is 12.1. The highest BCUT2D eigenvalue weighted by Crippen LogP contribution is 2.25. The van der Waals surface area contributed by atoms with Gasteiger partial charge in [-0.1, -0.05) is 47.5 Å². The third-order valence-electron chi connectivity index (χ3n) is 3.25. The van der Waals surface area contributed by atoms with Gasteiger partial charge >= 0.3 is 0 Å². The van der Waals surface area contributed by atoms with Crippen LogP contribution in [-0.2, 0) is 10.5 Å². The van der Waals surface area contributed by atoms with Crippen molar-refractivity contribution in [3.8, 4) is 0 Å². The number of benzene rings is 2. The molecule has 0 unspecified atom stereocenters. The molecule has 0 atom stereocenters. The summed E-state index contributed by atoms with van der Waals surface area (Å²) in [7, 11) is 0. The van der Waals surface area contributed by atoms with Crippen molar-refractivity contribution in [2.24, 2.45) is 0 Å². The molecular weight excluding hydrogens is 337 g/mol. The van der Waals surface area contributed by atoms with Crippen LogP contribution in [0.2, 0.25) is 10.0 Å². The Kier molecular flexibility index (Phi) is 6.18. The highest BCUT2D eigenvalue weighted by Gasteiger charge is 2.08. The van der Waals surface area contributed by atoms with E-state index in [1.54, 1.807) is 12.1 Å². The molecule has 2 aromatic carbocycles. The zero-order valence-corrected chi connectivity index (χ0v) is 14.8. The summed E-state index contributed by atoms with van der Waals surface area (Å²) in [6.07, 6.45) is 0. The molecule has 0 aliphatic heterocycles. The second-order valence-corrected chi connectivity index (χ2v) is 6.87. The van der Waals surface area contributed by atoms with E-state index >= 15 is 0 Å². The lowest BCUT2D eigenvalue weighted by Crippen LogP contribution is -2.15. The second kappa shape index (κ2) is 7.91. The Labute approximate surface area is 145 Å². The zero-order valence-electron chi connectivity index (χ0n) is 12.5. The van der Waals surface area contributed by atoms with E-state index in [-0.39, 0.29) is 5.91 Å². The van der Waals surface area contributed by atoms with Gasteiger partial charge in [-0.3, -0.25) is 4.79 Å². The van der Waals surface area contributed by atoms with E-state index < -0.39 is 0 Å². The second-order valence-electron chi connectivity index (χ2n) is 5.04. The van der Waals surface area contributed by atoms with E-state index in [0.29, 0.717) is 21.6 Å². The minimum Gasteiger partial charge on any atom is -0.325 e. The Morgan fingerprint density at radius 3 is 2.45 bits per heavy atom. The SMILES string of the molecule is Cc1cccc(C)c1NC(=O)CSCc1ccc(Cl)cc1Cl. The van der Waals surface area contributed by atoms with Crippen LogP contribution < -0.4 is 5.32 Å². The maximum absolute atomic E-state index is 12.1. The summed E-state index contributed by atoms with van der Waals surface area (Å²) in [5, 5.41) is 4.23. The van der Waals surface area contributed by atoms with Crippen LogP contribution >= 0.6 is 35.0 Å². The van der Waals surface area contributed by atoms with E-state index in [1.165, 1.54) is 11.8 Å². The van der Waals surface area contributed by atoms with Gasteiger partial charge in [0.25, 0.3) is 0 Å². The first-order chi connectivity index (χ1) is 10.5. The van der Waals surface area contributed by atoms with Crippen LogP contribution in [0.3, 0.4) is 0 Å². The fourth-order valence-electron chi connectivity index (χ4n) is 2.08. The molecule has 0 aliphatic carbocycles. The Morgan fingerprint density at radius 1 is 1.14 bits per heavy atom. The Balaban J connectivity index is 1.88. The fourth-order valence-corrected chi connectivity index (χ4v) is 3.47. The molecular formula is C17H17Cl2NOS. The van der Waals surface area contributed by atoms with Crippen LogP contribution in [0.15, 0.2) is 36.4 Å². The van der Waals surface area contributed by atoms with Gasteiger partial charge in [0.1, 0.15) is 0 Å². The molecule has 0 bridgehead atoms. The van der Waals surface area contributed by atoms with Crippen LogP contribution in [0.25, 0.3) is 0 Å². The molecule has 0 fully saturated rings. The highest BCUT2D eigenvalue weighted by atomic mass is 35.5. The number of thioether (sulfide) groups is 1. The number of nitrogens with one attached hydrogen (secondary N) is 1. The van der Waals surface area contributed by atoms with Gasteiger partial charge in [-0.15, -0.1) is 11.8 Å². The van der Waals surface area contributed by atoms with Crippen LogP contribution in [0.5, 0.6) is 0 Å². The molecule has 116 valence electrons. The van der Waals surface area contributed by atoms with E-state index in [9.17, 15) is 4.79 Å². The summed E-state index contributed by atoms with van der Waals surface area (Å²) in [5.41, 5.74) is 4.02. The quantitative estimate of drug-likeness (QED) is 0.770. The zero-order chi connectivity index (χ0) is 16.1. The number of hydrogen-bond acceptors (Lipinski definition) is 2. The largest absolute Gasteiger partial charge is 0.325 e. The fraction of sp³-hybridized carbons (Fsp3) is 0.235. The van der Waals surface area contributed by atoms with E-state index in [4.69, 9.17) is 23.2 Å². The standard InChI is InChI=1S/C17H17Cl2NOS/c1-11-4-3-5-12(2)17(11)20-16(21)10-22-9-13-6-7-14(18)8-15(13)19/h3-8H,9-10H2,1-2H3,(H,20,21). The molecule has 0 radical (unpaired) electrons. The van der Waals surface area contributed by atoms with Crippen molar-refractivity contribution in [1.82, 2.24) is 0 Å². The first kappa shape index (κ1) is 17.2. The van der Waals surface area contributed by atoms with Crippen molar-refractivity contribution in [2.45, 2.75) is 19.6 Å².